The van der Waals surface area contributed by atoms with Crippen molar-refractivity contribution >= 4 is 5.65 Å². The van der Waals surface area contributed by atoms with Crippen LogP contribution in [0.2, 0.25) is 0 Å². The lowest BCUT2D eigenvalue weighted by Gasteiger charge is -2.05. The van der Waals surface area contributed by atoms with Crippen LogP contribution in [0.3, 0.4) is 0 Å². The van der Waals surface area contributed by atoms with Gasteiger partial charge in [0.15, 0.2) is 0 Å². The predicted octanol–water partition coefficient (Wildman–Crippen LogP) is 1.02. The monoisotopic (exact) mass is 220 g/mol. The van der Waals surface area contributed by atoms with E-state index in [1.54, 1.807) is 20.4 Å². The van der Waals surface area contributed by atoms with E-state index >= 15 is 0 Å². The highest BCUT2D eigenvalue weighted by molar-refractivity contribution is 5.50. The topological polar surface area (TPSA) is 61.5 Å². The molecule has 0 unspecified atom stereocenters. The summed E-state index contributed by atoms with van der Waals surface area (Å²) in [7, 11) is 3.14. The fraction of sp³-hybridized carbons (Fsp3) is 0.500. The van der Waals surface area contributed by atoms with E-state index in [9.17, 15) is 0 Å². The molecule has 0 spiro atoms. The maximum absolute atomic E-state index is 5.17. The molecule has 84 valence electrons. The average Bonchev–Trinajstić information content (AvgIpc) is 3.08. The first-order chi connectivity index (χ1) is 7.83. The molecule has 2 aromatic rings. The first kappa shape index (κ1) is 9.38. The number of rotatable bonds is 3. The van der Waals surface area contributed by atoms with Crippen molar-refractivity contribution in [1.82, 2.24) is 19.6 Å². The van der Waals surface area contributed by atoms with E-state index in [0.29, 0.717) is 23.3 Å². The van der Waals surface area contributed by atoms with Gasteiger partial charge in [0.25, 0.3) is 5.88 Å². The first-order valence-electron chi connectivity index (χ1n) is 5.17. The van der Waals surface area contributed by atoms with Crippen molar-refractivity contribution < 1.29 is 9.47 Å². The van der Waals surface area contributed by atoms with Gasteiger partial charge in [-0.3, -0.25) is 4.40 Å². The quantitative estimate of drug-likeness (QED) is 0.772. The normalized spacial score (nSPS) is 15.4. The molecule has 1 saturated carbocycles. The minimum Gasteiger partial charge on any atom is -0.480 e. The van der Waals surface area contributed by atoms with E-state index in [0.717, 1.165) is 5.82 Å². The second kappa shape index (κ2) is 3.33. The average molecular weight is 220 g/mol. The lowest BCUT2D eigenvalue weighted by Crippen LogP contribution is -1.99. The van der Waals surface area contributed by atoms with Crippen LogP contribution in [0.15, 0.2) is 6.20 Å². The second-order valence-corrected chi connectivity index (χ2v) is 3.82. The standard InChI is InChI=1S/C10H12N4O2/c1-15-7-5-14-8(6-3-4-6)12-13-9(14)10(11-7)16-2/h5-6H,3-4H2,1-2H3. The summed E-state index contributed by atoms with van der Waals surface area (Å²) in [6.45, 7) is 0. The molecule has 6 nitrogen and oxygen atoms in total. The van der Waals surface area contributed by atoms with Crippen LogP contribution >= 0.6 is 0 Å². The molecule has 1 fully saturated rings. The molecule has 0 radical (unpaired) electrons. The van der Waals surface area contributed by atoms with Gasteiger partial charge in [-0.2, -0.15) is 4.98 Å². The molecular formula is C10H12N4O2. The fourth-order valence-electron chi connectivity index (χ4n) is 1.72. The number of fused-ring (bicyclic) bond motifs is 1. The third kappa shape index (κ3) is 1.30. The lowest BCUT2D eigenvalue weighted by atomic mass is 10.4. The van der Waals surface area contributed by atoms with E-state index in [1.165, 1.54) is 12.8 Å². The summed E-state index contributed by atoms with van der Waals surface area (Å²) in [5, 5.41) is 8.27. The summed E-state index contributed by atoms with van der Waals surface area (Å²) in [6.07, 6.45) is 4.15. The van der Waals surface area contributed by atoms with Crippen molar-refractivity contribution in [1.29, 1.82) is 0 Å². The summed E-state index contributed by atoms with van der Waals surface area (Å²) >= 11 is 0. The minimum absolute atomic E-state index is 0.443. The Bertz CT molecular complexity index is 533. The van der Waals surface area contributed by atoms with Crippen molar-refractivity contribution in [3.63, 3.8) is 0 Å². The van der Waals surface area contributed by atoms with Gasteiger partial charge in [-0.25, -0.2) is 0 Å². The molecule has 2 aromatic heterocycles. The number of ether oxygens (including phenoxy) is 2. The zero-order valence-corrected chi connectivity index (χ0v) is 9.17. The van der Waals surface area contributed by atoms with Gasteiger partial charge < -0.3 is 9.47 Å². The summed E-state index contributed by atoms with van der Waals surface area (Å²) in [5.74, 6) is 2.44. The number of methoxy groups -OCH3 is 2. The molecule has 3 rings (SSSR count). The van der Waals surface area contributed by atoms with Crippen LogP contribution in [0.1, 0.15) is 24.6 Å². The third-order valence-corrected chi connectivity index (χ3v) is 2.71. The number of nitrogens with zero attached hydrogens (tertiary/aromatic N) is 4. The highest BCUT2D eigenvalue weighted by Crippen LogP contribution is 2.39. The van der Waals surface area contributed by atoms with E-state index in [-0.39, 0.29) is 0 Å². The Morgan fingerprint density at radius 3 is 2.69 bits per heavy atom. The van der Waals surface area contributed by atoms with E-state index < -0.39 is 0 Å². The zero-order chi connectivity index (χ0) is 11.1. The van der Waals surface area contributed by atoms with E-state index in [2.05, 4.69) is 15.2 Å². The minimum atomic E-state index is 0.443. The molecule has 0 amide bonds. The molecule has 2 heterocycles. The molecule has 1 aliphatic carbocycles. The Balaban J connectivity index is 2.24. The molecule has 6 heteroatoms. The van der Waals surface area contributed by atoms with Crippen LogP contribution in [0, 0.1) is 0 Å². The Morgan fingerprint density at radius 2 is 2.06 bits per heavy atom. The Morgan fingerprint density at radius 1 is 1.25 bits per heavy atom. The Kier molecular flexibility index (Phi) is 1.95. The van der Waals surface area contributed by atoms with Crippen molar-refractivity contribution in [2.75, 3.05) is 14.2 Å². The fourth-order valence-corrected chi connectivity index (χ4v) is 1.72. The van der Waals surface area contributed by atoms with Crippen molar-refractivity contribution in [3.05, 3.63) is 12.0 Å². The number of hydrogen-bond donors (Lipinski definition) is 0. The summed E-state index contributed by atoms with van der Waals surface area (Å²) in [5.41, 5.74) is 0.644. The smallest absolute Gasteiger partial charge is 0.263 e. The SMILES string of the molecule is COc1cn2c(C3CC3)nnc2c(OC)n1. The molecule has 1 aliphatic rings. The molecule has 0 aromatic carbocycles. The zero-order valence-electron chi connectivity index (χ0n) is 9.17. The maximum atomic E-state index is 5.17. The maximum Gasteiger partial charge on any atom is 0.263 e. The molecule has 0 atom stereocenters. The molecular weight excluding hydrogens is 208 g/mol. The van der Waals surface area contributed by atoms with Gasteiger partial charge in [0.2, 0.25) is 11.5 Å². The molecule has 16 heavy (non-hydrogen) atoms. The lowest BCUT2D eigenvalue weighted by molar-refractivity contribution is 0.363. The summed E-state index contributed by atoms with van der Waals surface area (Å²) in [4.78, 5) is 4.16. The second-order valence-electron chi connectivity index (χ2n) is 3.82. The summed E-state index contributed by atoms with van der Waals surface area (Å²) < 4.78 is 12.2. The first-order valence-corrected chi connectivity index (χ1v) is 5.17. The van der Waals surface area contributed by atoms with Gasteiger partial charge in [0, 0.05) is 5.92 Å². The van der Waals surface area contributed by atoms with Crippen molar-refractivity contribution in [2.45, 2.75) is 18.8 Å². The van der Waals surface area contributed by atoms with Gasteiger partial charge in [-0.1, -0.05) is 0 Å². The van der Waals surface area contributed by atoms with Gasteiger partial charge >= 0.3 is 0 Å². The van der Waals surface area contributed by atoms with Crippen LogP contribution in [-0.4, -0.2) is 33.8 Å². The third-order valence-electron chi connectivity index (χ3n) is 2.71. The van der Waals surface area contributed by atoms with E-state index in [4.69, 9.17) is 9.47 Å². The van der Waals surface area contributed by atoms with Crippen molar-refractivity contribution in [2.24, 2.45) is 0 Å². The van der Waals surface area contributed by atoms with Crippen LogP contribution in [-0.2, 0) is 0 Å². The molecule has 0 aliphatic heterocycles. The predicted molar refractivity (Wildman–Crippen MR) is 55.9 cm³/mol. The highest BCUT2D eigenvalue weighted by atomic mass is 16.5. The van der Waals surface area contributed by atoms with Gasteiger partial charge in [-0.15, -0.1) is 10.2 Å². The molecule has 0 N–H and O–H groups in total. The highest BCUT2D eigenvalue weighted by Gasteiger charge is 2.29. The van der Waals surface area contributed by atoms with Gasteiger partial charge in [0.1, 0.15) is 5.82 Å². The van der Waals surface area contributed by atoms with Crippen LogP contribution < -0.4 is 9.47 Å². The van der Waals surface area contributed by atoms with Gasteiger partial charge in [-0.05, 0) is 12.8 Å². The molecule has 0 saturated heterocycles. The van der Waals surface area contributed by atoms with Crippen LogP contribution in [0.5, 0.6) is 11.8 Å². The summed E-state index contributed by atoms with van der Waals surface area (Å²) in [6, 6.07) is 0. The number of hydrogen-bond acceptors (Lipinski definition) is 5. The Labute approximate surface area is 92.2 Å². The van der Waals surface area contributed by atoms with Crippen LogP contribution in [0.25, 0.3) is 5.65 Å². The van der Waals surface area contributed by atoms with Crippen molar-refractivity contribution in [3.8, 4) is 11.8 Å². The largest absolute Gasteiger partial charge is 0.480 e. The van der Waals surface area contributed by atoms with E-state index in [1.807, 2.05) is 4.40 Å². The molecule has 0 bridgehead atoms. The number of aromatic nitrogens is 4. The Hall–Kier alpha value is -1.85. The van der Waals surface area contributed by atoms with Gasteiger partial charge in [0.05, 0.1) is 20.4 Å². The van der Waals surface area contributed by atoms with Crippen LogP contribution in [0.4, 0.5) is 0 Å².